The van der Waals surface area contributed by atoms with Gasteiger partial charge in [0.05, 0.1) is 11.7 Å². The number of aromatic nitrogens is 2. The lowest BCUT2D eigenvalue weighted by Gasteiger charge is -2.34. The van der Waals surface area contributed by atoms with Gasteiger partial charge >= 0.3 is 0 Å². The van der Waals surface area contributed by atoms with Crippen molar-refractivity contribution in [2.24, 2.45) is 0 Å². The third kappa shape index (κ3) is 3.67. The quantitative estimate of drug-likeness (QED) is 0.859. The fraction of sp³-hybridized carbons (Fsp3) is 0.733. The van der Waals surface area contributed by atoms with Gasteiger partial charge in [-0.3, -0.25) is 9.69 Å². The highest BCUT2D eigenvalue weighted by Crippen LogP contribution is 2.23. The zero-order valence-electron chi connectivity index (χ0n) is 12.8. The highest BCUT2D eigenvalue weighted by atomic mass is 16.1. The van der Waals surface area contributed by atoms with Gasteiger partial charge in [0.25, 0.3) is 5.56 Å². The molecule has 0 amide bonds. The summed E-state index contributed by atoms with van der Waals surface area (Å²) in [5.74, 6) is 1.12. The second-order valence-corrected chi connectivity index (χ2v) is 5.80. The Balaban J connectivity index is 2.30. The Kier molecular flexibility index (Phi) is 5.31. The summed E-state index contributed by atoms with van der Waals surface area (Å²) in [6.45, 7) is 10.4. The first-order valence-electron chi connectivity index (χ1n) is 7.67. The van der Waals surface area contributed by atoms with Gasteiger partial charge in [0.1, 0.15) is 5.82 Å². The Bertz CT molecular complexity index is 477. The van der Waals surface area contributed by atoms with Crippen molar-refractivity contribution in [3.8, 4) is 0 Å². The number of hydrogen-bond acceptors (Lipinski definition) is 4. The molecule has 1 aromatic heterocycles. The van der Waals surface area contributed by atoms with Crippen molar-refractivity contribution >= 4 is 0 Å². The minimum absolute atomic E-state index is 0.0325. The minimum atomic E-state index is -0.0325. The maximum Gasteiger partial charge on any atom is 0.251 e. The van der Waals surface area contributed by atoms with Crippen LogP contribution in [0.5, 0.6) is 0 Å². The van der Waals surface area contributed by atoms with Gasteiger partial charge in [-0.2, -0.15) is 0 Å². The van der Waals surface area contributed by atoms with Crippen molar-refractivity contribution in [3.05, 3.63) is 27.9 Å². The minimum Gasteiger partial charge on any atom is -0.314 e. The molecule has 1 fully saturated rings. The largest absolute Gasteiger partial charge is 0.314 e. The van der Waals surface area contributed by atoms with Crippen LogP contribution in [-0.4, -0.2) is 41.0 Å². The Morgan fingerprint density at radius 2 is 2.05 bits per heavy atom. The first-order chi connectivity index (χ1) is 9.61. The second kappa shape index (κ2) is 6.99. The van der Waals surface area contributed by atoms with E-state index in [2.05, 4.69) is 36.0 Å². The summed E-state index contributed by atoms with van der Waals surface area (Å²) in [7, 11) is 0. The van der Waals surface area contributed by atoms with Crippen molar-refractivity contribution in [2.75, 3.05) is 26.2 Å². The van der Waals surface area contributed by atoms with Crippen LogP contribution in [0, 0.1) is 0 Å². The van der Waals surface area contributed by atoms with Crippen molar-refractivity contribution < 1.29 is 0 Å². The Morgan fingerprint density at radius 1 is 1.35 bits per heavy atom. The first-order valence-corrected chi connectivity index (χ1v) is 7.67. The standard InChI is InChI=1S/C15H26N4O/c1-4-5-13(19-8-6-16-7-9-19)15-17-12(11(2)3)10-14(20)18-15/h10-11,13,16H,4-9H2,1-3H3,(H,17,18,20). The molecule has 5 nitrogen and oxygen atoms in total. The van der Waals surface area contributed by atoms with Crippen LogP contribution in [0.15, 0.2) is 10.9 Å². The van der Waals surface area contributed by atoms with Crippen LogP contribution >= 0.6 is 0 Å². The van der Waals surface area contributed by atoms with E-state index in [1.807, 2.05) is 0 Å². The fourth-order valence-corrected chi connectivity index (χ4v) is 2.71. The molecule has 112 valence electrons. The summed E-state index contributed by atoms with van der Waals surface area (Å²) in [6.07, 6.45) is 2.12. The number of piperazine rings is 1. The van der Waals surface area contributed by atoms with Crippen LogP contribution in [0.2, 0.25) is 0 Å². The fourth-order valence-electron chi connectivity index (χ4n) is 2.71. The van der Waals surface area contributed by atoms with Gasteiger partial charge in [0.2, 0.25) is 0 Å². The van der Waals surface area contributed by atoms with E-state index in [0.717, 1.165) is 50.5 Å². The Hall–Kier alpha value is -1.20. The molecule has 1 aliphatic rings. The summed E-state index contributed by atoms with van der Waals surface area (Å²) in [4.78, 5) is 22.0. The van der Waals surface area contributed by atoms with E-state index < -0.39 is 0 Å². The summed E-state index contributed by atoms with van der Waals surface area (Å²) >= 11 is 0. The van der Waals surface area contributed by atoms with E-state index in [-0.39, 0.29) is 17.5 Å². The van der Waals surface area contributed by atoms with Gasteiger partial charge in [-0.1, -0.05) is 27.2 Å². The van der Waals surface area contributed by atoms with Crippen molar-refractivity contribution in [1.82, 2.24) is 20.2 Å². The van der Waals surface area contributed by atoms with Crippen molar-refractivity contribution in [2.45, 2.75) is 45.6 Å². The van der Waals surface area contributed by atoms with Gasteiger partial charge in [-0.15, -0.1) is 0 Å². The highest BCUT2D eigenvalue weighted by molar-refractivity contribution is 5.09. The van der Waals surface area contributed by atoms with Crippen LogP contribution in [0.4, 0.5) is 0 Å². The summed E-state index contributed by atoms with van der Waals surface area (Å²) in [6, 6.07) is 1.85. The zero-order chi connectivity index (χ0) is 14.5. The van der Waals surface area contributed by atoms with Gasteiger partial charge in [0, 0.05) is 32.2 Å². The van der Waals surface area contributed by atoms with E-state index in [9.17, 15) is 4.79 Å². The number of aromatic amines is 1. The molecule has 1 atom stereocenters. The van der Waals surface area contributed by atoms with Gasteiger partial charge in [-0.05, 0) is 12.3 Å². The molecule has 2 rings (SSSR count). The first kappa shape index (κ1) is 15.2. The summed E-state index contributed by atoms with van der Waals surface area (Å²) < 4.78 is 0. The lowest BCUT2D eigenvalue weighted by Crippen LogP contribution is -2.45. The molecule has 1 unspecified atom stereocenters. The molecule has 0 aromatic carbocycles. The van der Waals surface area contributed by atoms with Crippen LogP contribution in [0.25, 0.3) is 0 Å². The smallest absolute Gasteiger partial charge is 0.251 e. The summed E-state index contributed by atoms with van der Waals surface area (Å²) in [5, 5.41) is 3.37. The predicted octanol–water partition coefficient (Wildman–Crippen LogP) is 1.64. The molecular weight excluding hydrogens is 252 g/mol. The van der Waals surface area contributed by atoms with E-state index in [0.29, 0.717) is 0 Å². The molecule has 0 spiro atoms. The molecule has 2 N–H and O–H groups in total. The normalized spacial score (nSPS) is 18.4. The molecule has 0 bridgehead atoms. The number of nitrogens with zero attached hydrogens (tertiary/aromatic N) is 2. The molecule has 0 radical (unpaired) electrons. The van der Waals surface area contributed by atoms with Crippen LogP contribution in [0.1, 0.15) is 57.1 Å². The molecule has 1 aromatic rings. The average molecular weight is 278 g/mol. The van der Waals surface area contributed by atoms with Crippen molar-refractivity contribution in [1.29, 1.82) is 0 Å². The Labute approximate surface area is 120 Å². The lowest BCUT2D eigenvalue weighted by molar-refractivity contribution is 0.157. The van der Waals surface area contributed by atoms with Crippen LogP contribution in [0.3, 0.4) is 0 Å². The molecule has 5 heteroatoms. The van der Waals surface area contributed by atoms with E-state index in [1.165, 1.54) is 0 Å². The third-order valence-corrected chi connectivity index (χ3v) is 3.84. The van der Waals surface area contributed by atoms with Crippen LogP contribution < -0.4 is 10.9 Å². The molecule has 1 aliphatic heterocycles. The second-order valence-electron chi connectivity index (χ2n) is 5.80. The van der Waals surface area contributed by atoms with Gasteiger partial charge < -0.3 is 10.3 Å². The van der Waals surface area contributed by atoms with Crippen molar-refractivity contribution in [3.63, 3.8) is 0 Å². The molecule has 20 heavy (non-hydrogen) atoms. The average Bonchev–Trinajstić information content (AvgIpc) is 2.45. The summed E-state index contributed by atoms with van der Waals surface area (Å²) in [5.41, 5.74) is 0.856. The van der Waals surface area contributed by atoms with E-state index >= 15 is 0 Å². The van der Waals surface area contributed by atoms with E-state index in [1.54, 1.807) is 6.07 Å². The number of H-pyrrole nitrogens is 1. The molecule has 0 aliphatic carbocycles. The van der Waals surface area contributed by atoms with Crippen LogP contribution in [-0.2, 0) is 0 Å². The predicted molar refractivity (Wildman–Crippen MR) is 81.0 cm³/mol. The zero-order valence-corrected chi connectivity index (χ0v) is 12.8. The highest BCUT2D eigenvalue weighted by Gasteiger charge is 2.24. The molecule has 0 saturated carbocycles. The molecule has 1 saturated heterocycles. The van der Waals surface area contributed by atoms with Gasteiger partial charge in [0.15, 0.2) is 0 Å². The Morgan fingerprint density at radius 3 is 2.65 bits per heavy atom. The van der Waals surface area contributed by atoms with E-state index in [4.69, 9.17) is 4.98 Å². The molecule has 2 heterocycles. The maximum absolute atomic E-state index is 11.9. The molecular formula is C15H26N4O. The number of rotatable bonds is 5. The monoisotopic (exact) mass is 278 g/mol. The topological polar surface area (TPSA) is 61.0 Å². The SMILES string of the molecule is CCCC(c1nc(C(C)C)cc(=O)[nH]1)N1CCNCC1. The number of hydrogen-bond donors (Lipinski definition) is 2. The number of nitrogens with one attached hydrogen (secondary N) is 2. The van der Waals surface area contributed by atoms with Gasteiger partial charge in [-0.25, -0.2) is 4.98 Å². The third-order valence-electron chi connectivity index (χ3n) is 3.84. The maximum atomic E-state index is 11.9. The lowest BCUT2D eigenvalue weighted by atomic mass is 10.1.